The van der Waals surface area contributed by atoms with Crippen LogP contribution in [0.5, 0.6) is 5.75 Å². The molecule has 0 fully saturated rings. The van der Waals surface area contributed by atoms with Crippen LogP contribution < -0.4 is 4.74 Å². The van der Waals surface area contributed by atoms with Crippen LogP contribution >= 0.6 is 0 Å². The van der Waals surface area contributed by atoms with Crippen LogP contribution in [0.4, 0.5) is 0 Å². The van der Waals surface area contributed by atoms with Gasteiger partial charge in [-0.25, -0.2) is 0 Å². The zero-order valence-corrected chi connectivity index (χ0v) is 11.6. The topological polar surface area (TPSA) is 78.9 Å². The SMILES string of the molecule is Cn1cnnc1CCc1nc(COc2ccccc2)no1. The number of ether oxygens (including phenoxy) is 1. The minimum atomic E-state index is 0.289. The lowest BCUT2D eigenvalue weighted by molar-refractivity contribution is 0.285. The fourth-order valence-corrected chi connectivity index (χ4v) is 1.87. The maximum absolute atomic E-state index is 5.56. The Balaban J connectivity index is 1.53. The molecular weight excluding hydrogens is 270 g/mol. The highest BCUT2D eigenvalue weighted by Gasteiger charge is 2.09. The van der Waals surface area contributed by atoms with Crippen molar-refractivity contribution in [1.29, 1.82) is 0 Å². The number of nitrogens with zero attached hydrogens (tertiary/aromatic N) is 5. The number of aromatic nitrogens is 5. The van der Waals surface area contributed by atoms with E-state index in [-0.39, 0.29) is 6.61 Å². The van der Waals surface area contributed by atoms with Gasteiger partial charge in [0.1, 0.15) is 17.9 Å². The molecule has 0 radical (unpaired) electrons. The molecule has 0 spiro atoms. The third-order valence-electron chi connectivity index (χ3n) is 2.99. The van der Waals surface area contributed by atoms with Gasteiger partial charge in [0.2, 0.25) is 11.7 Å². The van der Waals surface area contributed by atoms with Gasteiger partial charge in [-0.05, 0) is 12.1 Å². The first kappa shape index (κ1) is 13.3. The van der Waals surface area contributed by atoms with Crippen LogP contribution in [0.25, 0.3) is 0 Å². The van der Waals surface area contributed by atoms with Crippen molar-refractivity contribution in [3.63, 3.8) is 0 Å². The predicted octanol–water partition coefficient (Wildman–Crippen LogP) is 1.56. The summed E-state index contributed by atoms with van der Waals surface area (Å²) in [7, 11) is 1.91. The van der Waals surface area contributed by atoms with Crippen molar-refractivity contribution in [1.82, 2.24) is 24.9 Å². The number of hydrogen-bond acceptors (Lipinski definition) is 6. The minimum absolute atomic E-state index is 0.289. The monoisotopic (exact) mass is 285 g/mol. The molecule has 0 aliphatic carbocycles. The molecule has 0 saturated heterocycles. The fourth-order valence-electron chi connectivity index (χ4n) is 1.87. The molecule has 108 valence electrons. The highest BCUT2D eigenvalue weighted by atomic mass is 16.5. The van der Waals surface area contributed by atoms with E-state index in [1.807, 2.05) is 41.9 Å². The van der Waals surface area contributed by atoms with E-state index in [0.717, 1.165) is 11.6 Å². The smallest absolute Gasteiger partial charge is 0.227 e. The molecule has 0 amide bonds. The normalized spacial score (nSPS) is 10.7. The Kier molecular flexibility index (Phi) is 3.90. The minimum Gasteiger partial charge on any atom is -0.485 e. The third kappa shape index (κ3) is 3.44. The Hall–Kier alpha value is -2.70. The summed E-state index contributed by atoms with van der Waals surface area (Å²) in [5.74, 6) is 2.77. The Morgan fingerprint density at radius 2 is 2.05 bits per heavy atom. The van der Waals surface area contributed by atoms with Crippen molar-refractivity contribution in [2.45, 2.75) is 19.4 Å². The second kappa shape index (κ2) is 6.17. The zero-order valence-electron chi connectivity index (χ0n) is 11.6. The number of hydrogen-bond donors (Lipinski definition) is 0. The van der Waals surface area contributed by atoms with Gasteiger partial charge in [0.25, 0.3) is 0 Å². The van der Waals surface area contributed by atoms with Gasteiger partial charge in [0, 0.05) is 19.9 Å². The lowest BCUT2D eigenvalue weighted by atomic mass is 10.3. The first-order valence-corrected chi connectivity index (χ1v) is 6.63. The molecule has 0 unspecified atom stereocenters. The first-order chi connectivity index (χ1) is 10.3. The van der Waals surface area contributed by atoms with E-state index in [0.29, 0.717) is 24.6 Å². The molecule has 0 bridgehead atoms. The quantitative estimate of drug-likeness (QED) is 0.684. The second-order valence-electron chi connectivity index (χ2n) is 4.56. The van der Waals surface area contributed by atoms with Gasteiger partial charge in [-0.15, -0.1) is 10.2 Å². The van der Waals surface area contributed by atoms with Crippen LogP contribution in [-0.2, 0) is 26.5 Å². The van der Waals surface area contributed by atoms with E-state index in [4.69, 9.17) is 9.26 Å². The van der Waals surface area contributed by atoms with Crippen LogP contribution in [0.2, 0.25) is 0 Å². The summed E-state index contributed by atoms with van der Waals surface area (Å²) in [6, 6.07) is 9.53. The van der Waals surface area contributed by atoms with E-state index in [1.54, 1.807) is 6.33 Å². The number of rotatable bonds is 6. The maximum atomic E-state index is 5.56. The van der Waals surface area contributed by atoms with Gasteiger partial charge in [-0.1, -0.05) is 23.4 Å². The zero-order chi connectivity index (χ0) is 14.5. The molecule has 0 N–H and O–H groups in total. The molecule has 3 rings (SSSR count). The molecule has 3 aromatic rings. The number of aryl methyl sites for hydroxylation is 3. The lowest BCUT2D eigenvalue weighted by Crippen LogP contribution is -2.01. The van der Waals surface area contributed by atoms with E-state index >= 15 is 0 Å². The molecule has 0 aliphatic rings. The highest BCUT2D eigenvalue weighted by molar-refractivity contribution is 5.20. The van der Waals surface area contributed by atoms with Gasteiger partial charge in [0.05, 0.1) is 0 Å². The van der Waals surface area contributed by atoms with E-state index in [2.05, 4.69) is 20.3 Å². The Labute approximate surface area is 121 Å². The summed E-state index contributed by atoms with van der Waals surface area (Å²) < 4.78 is 12.6. The van der Waals surface area contributed by atoms with Gasteiger partial charge >= 0.3 is 0 Å². The van der Waals surface area contributed by atoms with Crippen LogP contribution in [0.3, 0.4) is 0 Å². The van der Waals surface area contributed by atoms with Crippen molar-refractivity contribution < 1.29 is 9.26 Å². The van der Waals surface area contributed by atoms with Gasteiger partial charge in [0.15, 0.2) is 6.61 Å². The van der Waals surface area contributed by atoms with Crippen molar-refractivity contribution in [2.75, 3.05) is 0 Å². The fraction of sp³-hybridized carbons (Fsp3) is 0.286. The molecular formula is C14H15N5O2. The van der Waals surface area contributed by atoms with Crippen molar-refractivity contribution in [3.05, 3.63) is 54.2 Å². The summed E-state index contributed by atoms with van der Waals surface area (Å²) in [4.78, 5) is 4.29. The maximum Gasteiger partial charge on any atom is 0.227 e. The average Bonchev–Trinajstić information content (AvgIpc) is 3.13. The highest BCUT2D eigenvalue weighted by Crippen LogP contribution is 2.10. The van der Waals surface area contributed by atoms with E-state index in [9.17, 15) is 0 Å². The molecule has 0 atom stereocenters. The Morgan fingerprint density at radius 1 is 1.19 bits per heavy atom. The first-order valence-electron chi connectivity index (χ1n) is 6.63. The summed E-state index contributed by atoms with van der Waals surface area (Å²) in [6.45, 7) is 0.289. The molecule has 1 aromatic carbocycles. The van der Waals surface area contributed by atoms with Crippen molar-refractivity contribution >= 4 is 0 Å². The summed E-state index contributed by atoms with van der Waals surface area (Å²) in [5, 5.41) is 11.7. The largest absolute Gasteiger partial charge is 0.485 e. The van der Waals surface area contributed by atoms with E-state index in [1.165, 1.54) is 0 Å². The van der Waals surface area contributed by atoms with Crippen LogP contribution in [0.1, 0.15) is 17.5 Å². The summed E-state index contributed by atoms with van der Waals surface area (Å²) in [6.07, 6.45) is 3.00. The standard InChI is InChI=1S/C14H15N5O2/c1-19-10-15-17-13(19)7-8-14-16-12(18-21-14)9-20-11-5-3-2-4-6-11/h2-6,10H,7-9H2,1H3. The van der Waals surface area contributed by atoms with Gasteiger partial charge in [-0.3, -0.25) is 0 Å². The summed E-state index contributed by atoms with van der Waals surface area (Å²) in [5.41, 5.74) is 0. The Bertz CT molecular complexity index is 692. The molecule has 7 heteroatoms. The van der Waals surface area contributed by atoms with Gasteiger partial charge < -0.3 is 13.8 Å². The van der Waals surface area contributed by atoms with Crippen molar-refractivity contribution in [3.8, 4) is 5.75 Å². The van der Waals surface area contributed by atoms with Crippen LogP contribution in [0.15, 0.2) is 41.2 Å². The number of benzene rings is 1. The lowest BCUT2D eigenvalue weighted by Gasteiger charge is -2.01. The Morgan fingerprint density at radius 3 is 2.81 bits per heavy atom. The van der Waals surface area contributed by atoms with Gasteiger partial charge in [-0.2, -0.15) is 4.98 Å². The third-order valence-corrected chi connectivity index (χ3v) is 2.99. The van der Waals surface area contributed by atoms with Crippen LogP contribution in [-0.4, -0.2) is 24.9 Å². The second-order valence-corrected chi connectivity index (χ2v) is 4.56. The molecule has 0 aliphatic heterocycles. The molecule has 21 heavy (non-hydrogen) atoms. The summed E-state index contributed by atoms with van der Waals surface area (Å²) >= 11 is 0. The molecule has 2 heterocycles. The predicted molar refractivity (Wildman–Crippen MR) is 73.5 cm³/mol. The van der Waals surface area contributed by atoms with E-state index < -0.39 is 0 Å². The van der Waals surface area contributed by atoms with Crippen LogP contribution in [0, 0.1) is 0 Å². The molecule has 7 nitrogen and oxygen atoms in total. The van der Waals surface area contributed by atoms with Crippen molar-refractivity contribution in [2.24, 2.45) is 7.05 Å². The average molecular weight is 285 g/mol. The molecule has 2 aromatic heterocycles. The number of para-hydroxylation sites is 1. The molecule has 0 saturated carbocycles.